The molecular weight excluding hydrogens is 353 g/mol. The van der Waals surface area contributed by atoms with Gasteiger partial charge in [0.1, 0.15) is 11.4 Å². The maximum atomic E-state index is 13.2. The largest absolute Gasteiger partial charge is 0.383 e. The minimum absolute atomic E-state index is 0.0133. The maximum absolute atomic E-state index is 13.2. The van der Waals surface area contributed by atoms with Gasteiger partial charge < -0.3 is 5.11 Å². The molecule has 3 rings (SSSR count). The number of sulfonamides is 1. The molecule has 128 valence electrons. The number of benzene rings is 2. The van der Waals surface area contributed by atoms with Gasteiger partial charge in [-0.3, -0.25) is 0 Å². The highest BCUT2D eigenvalue weighted by Crippen LogP contribution is 2.45. The standard InChI is InChI=1S/C17H17ClFNO3S/c18-15-10-14(8-9-16(15)19)24(22,23)20-11-17(21,13-6-7-13)12-4-2-1-3-5-12/h1-5,8-10,13,20-21H,6-7,11H2/t17-/m0/s1. The molecule has 2 N–H and O–H groups in total. The molecule has 0 heterocycles. The van der Waals surface area contributed by atoms with Crippen LogP contribution in [0.1, 0.15) is 18.4 Å². The van der Waals surface area contributed by atoms with E-state index in [1.165, 1.54) is 0 Å². The van der Waals surface area contributed by atoms with Gasteiger partial charge >= 0.3 is 0 Å². The summed E-state index contributed by atoms with van der Waals surface area (Å²) in [7, 11) is -3.91. The molecule has 1 fully saturated rings. The molecule has 0 spiro atoms. The third-order valence-corrected chi connectivity index (χ3v) is 5.95. The molecule has 0 aliphatic heterocycles. The van der Waals surface area contributed by atoms with Crippen LogP contribution in [0.2, 0.25) is 5.02 Å². The van der Waals surface area contributed by atoms with E-state index in [1.54, 1.807) is 24.3 Å². The van der Waals surface area contributed by atoms with Crippen LogP contribution in [-0.2, 0) is 15.6 Å². The zero-order valence-corrected chi connectivity index (χ0v) is 14.3. The van der Waals surface area contributed by atoms with E-state index in [2.05, 4.69) is 4.72 Å². The highest BCUT2D eigenvalue weighted by Gasteiger charge is 2.45. The molecule has 1 aliphatic rings. The summed E-state index contributed by atoms with van der Waals surface area (Å²) in [5.74, 6) is -0.672. The molecule has 0 amide bonds. The van der Waals surface area contributed by atoms with E-state index >= 15 is 0 Å². The Morgan fingerprint density at radius 3 is 2.46 bits per heavy atom. The third kappa shape index (κ3) is 3.47. The fourth-order valence-electron chi connectivity index (χ4n) is 2.70. The first-order valence-corrected chi connectivity index (χ1v) is 9.42. The van der Waals surface area contributed by atoms with Crippen LogP contribution < -0.4 is 4.72 Å². The smallest absolute Gasteiger partial charge is 0.240 e. The highest BCUT2D eigenvalue weighted by molar-refractivity contribution is 7.89. The fraction of sp³-hybridized carbons (Fsp3) is 0.294. The van der Waals surface area contributed by atoms with Gasteiger partial charge in [-0.2, -0.15) is 0 Å². The molecule has 24 heavy (non-hydrogen) atoms. The van der Waals surface area contributed by atoms with Crippen molar-refractivity contribution in [3.05, 3.63) is 64.9 Å². The van der Waals surface area contributed by atoms with Crippen molar-refractivity contribution < 1.29 is 17.9 Å². The van der Waals surface area contributed by atoms with Gasteiger partial charge in [-0.25, -0.2) is 17.5 Å². The Bertz CT molecular complexity index is 840. The first-order valence-electron chi connectivity index (χ1n) is 7.55. The Kier molecular flexibility index (Phi) is 4.66. The Morgan fingerprint density at radius 2 is 1.88 bits per heavy atom. The average molecular weight is 370 g/mol. The van der Waals surface area contributed by atoms with Crippen LogP contribution in [0, 0.1) is 11.7 Å². The lowest BCUT2D eigenvalue weighted by Crippen LogP contribution is -2.42. The summed E-state index contributed by atoms with van der Waals surface area (Å²) in [5.41, 5.74) is -0.592. The molecule has 1 aliphatic carbocycles. The van der Waals surface area contributed by atoms with Gasteiger partial charge in [-0.15, -0.1) is 0 Å². The molecule has 4 nitrogen and oxygen atoms in total. The second-order valence-corrected chi connectivity index (χ2v) is 8.14. The monoisotopic (exact) mass is 369 g/mol. The number of aliphatic hydroxyl groups is 1. The molecule has 0 radical (unpaired) electrons. The molecule has 2 aromatic carbocycles. The predicted octanol–water partition coefficient (Wildman–Crippen LogP) is 3.06. The van der Waals surface area contributed by atoms with Gasteiger partial charge in [0.05, 0.1) is 9.92 Å². The molecule has 0 unspecified atom stereocenters. The molecule has 0 aromatic heterocycles. The SMILES string of the molecule is O=S(=O)(NC[C@](O)(c1ccccc1)C1CC1)c1ccc(F)c(Cl)c1. The number of nitrogens with one attached hydrogen (secondary N) is 1. The van der Waals surface area contributed by atoms with Crippen LogP contribution in [0.3, 0.4) is 0 Å². The Morgan fingerprint density at radius 1 is 1.21 bits per heavy atom. The summed E-state index contributed by atoms with van der Waals surface area (Å²) >= 11 is 5.65. The van der Waals surface area contributed by atoms with Gasteiger partial charge in [-0.05, 0) is 42.5 Å². The molecule has 0 bridgehead atoms. The van der Waals surface area contributed by atoms with Crippen LogP contribution in [0.4, 0.5) is 4.39 Å². The average Bonchev–Trinajstić information content (AvgIpc) is 3.41. The molecule has 1 atom stereocenters. The van der Waals surface area contributed by atoms with Crippen LogP contribution >= 0.6 is 11.6 Å². The summed E-state index contributed by atoms with van der Waals surface area (Å²) < 4.78 is 40.5. The first-order chi connectivity index (χ1) is 11.3. The third-order valence-electron chi connectivity index (χ3n) is 4.26. The van der Waals surface area contributed by atoms with Crippen molar-refractivity contribution in [2.24, 2.45) is 5.92 Å². The number of hydrogen-bond donors (Lipinski definition) is 2. The van der Waals surface area contributed by atoms with Crippen molar-refractivity contribution in [3.63, 3.8) is 0 Å². The molecule has 1 saturated carbocycles. The lowest BCUT2D eigenvalue weighted by atomic mass is 9.89. The summed E-state index contributed by atoms with van der Waals surface area (Å²) in [5, 5.41) is 10.8. The van der Waals surface area contributed by atoms with Crippen molar-refractivity contribution >= 4 is 21.6 Å². The Balaban J connectivity index is 1.83. The van der Waals surface area contributed by atoms with Crippen LogP contribution in [0.5, 0.6) is 0 Å². The minimum atomic E-state index is -3.91. The van der Waals surface area contributed by atoms with Crippen LogP contribution in [-0.4, -0.2) is 20.1 Å². The lowest BCUT2D eigenvalue weighted by Gasteiger charge is -2.29. The van der Waals surface area contributed by atoms with Gasteiger partial charge in [-0.1, -0.05) is 41.9 Å². The lowest BCUT2D eigenvalue weighted by molar-refractivity contribution is 0.0185. The van der Waals surface area contributed by atoms with Crippen molar-refractivity contribution in [2.45, 2.75) is 23.3 Å². The molecule has 0 saturated heterocycles. The van der Waals surface area contributed by atoms with Crippen molar-refractivity contribution in [1.82, 2.24) is 4.72 Å². The topological polar surface area (TPSA) is 66.4 Å². The second kappa shape index (κ2) is 6.44. The summed E-state index contributed by atoms with van der Waals surface area (Å²) in [6, 6.07) is 12.2. The summed E-state index contributed by atoms with van der Waals surface area (Å²) in [4.78, 5) is -0.139. The van der Waals surface area contributed by atoms with E-state index in [-0.39, 0.29) is 22.4 Å². The molecular formula is C17H17ClFNO3S. The quantitative estimate of drug-likeness (QED) is 0.822. The zero-order chi connectivity index (χ0) is 17.4. The molecule has 7 heteroatoms. The van der Waals surface area contributed by atoms with E-state index < -0.39 is 21.4 Å². The summed E-state index contributed by atoms with van der Waals surface area (Å²) in [6.45, 7) is -0.154. The second-order valence-electron chi connectivity index (χ2n) is 5.97. The number of hydrogen-bond acceptors (Lipinski definition) is 3. The fourth-order valence-corrected chi connectivity index (χ4v) is 4.04. The van der Waals surface area contributed by atoms with Gasteiger partial charge in [0.2, 0.25) is 10.0 Å². The van der Waals surface area contributed by atoms with Gasteiger partial charge in [0.15, 0.2) is 0 Å². The Hall–Kier alpha value is -1.47. The van der Waals surface area contributed by atoms with Crippen LogP contribution in [0.15, 0.2) is 53.4 Å². The van der Waals surface area contributed by atoms with E-state index in [4.69, 9.17) is 11.6 Å². The van der Waals surface area contributed by atoms with Crippen molar-refractivity contribution in [1.29, 1.82) is 0 Å². The maximum Gasteiger partial charge on any atom is 0.240 e. The van der Waals surface area contributed by atoms with E-state index in [9.17, 15) is 17.9 Å². The van der Waals surface area contributed by atoms with E-state index in [1.807, 2.05) is 6.07 Å². The van der Waals surface area contributed by atoms with Gasteiger partial charge in [0.25, 0.3) is 0 Å². The van der Waals surface area contributed by atoms with E-state index in [0.29, 0.717) is 5.56 Å². The van der Waals surface area contributed by atoms with Crippen molar-refractivity contribution in [3.8, 4) is 0 Å². The zero-order valence-electron chi connectivity index (χ0n) is 12.7. The van der Waals surface area contributed by atoms with Gasteiger partial charge in [0, 0.05) is 6.54 Å². The minimum Gasteiger partial charge on any atom is -0.383 e. The number of rotatable bonds is 6. The predicted molar refractivity (Wildman–Crippen MR) is 89.7 cm³/mol. The first kappa shape index (κ1) is 17.4. The molecule has 2 aromatic rings. The highest BCUT2D eigenvalue weighted by atomic mass is 35.5. The summed E-state index contributed by atoms with van der Waals surface area (Å²) in [6.07, 6.45) is 1.69. The van der Waals surface area contributed by atoms with E-state index in [0.717, 1.165) is 31.0 Å². The number of halogens is 2. The van der Waals surface area contributed by atoms with Crippen molar-refractivity contribution in [2.75, 3.05) is 6.54 Å². The Labute approximate surface area is 145 Å². The van der Waals surface area contributed by atoms with Crippen LogP contribution in [0.25, 0.3) is 0 Å². The normalized spacial score (nSPS) is 17.5.